The van der Waals surface area contributed by atoms with E-state index in [9.17, 15) is 19.6 Å². The van der Waals surface area contributed by atoms with Gasteiger partial charge >= 0.3 is 0 Å². The fraction of sp³-hybridized carbons (Fsp3) is 0.214. The van der Waals surface area contributed by atoms with Crippen LogP contribution in [0.4, 0.5) is 15.9 Å². The predicted octanol–water partition coefficient (Wildman–Crippen LogP) is 4.05. The van der Waals surface area contributed by atoms with Crippen LogP contribution in [0.15, 0.2) is 24.5 Å². The number of alkyl halides is 3. The number of thioether (sulfide) groups is 1. The number of anilines is 2. The van der Waals surface area contributed by atoms with Crippen molar-refractivity contribution in [1.29, 1.82) is 0 Å². The summed E-state index contributed by atoms with van der Waals surface area (Å²) in [5.41, 5.74) is 7.74. The van der Waals surface area contributed by atoms with Crippen molar-refractivity contribution in [2.75, 3.05) is 5.32 Å². The molecular formula is C14H12BrClFN7O3S2. The van der Waals surface area contributed by atoms with E-state index in [1.54, 1.807) is 19.1 Å². The van der Waals surface area contributed by atoms with Gasteiger partial charge in [-0.15, -0.1) is 0 Å². The zero-order chi connectivity index (χ0) is 21.4. The van der Waals surface area contributed by atoms with Crippen molar-refractivity contribution >= 4 is 73.9 Å². The van der Waals surface area contributed by atoms with Crippen molar-refractivity contribution < 1.29 is 13.8 Å². The van der Waals surface area contributed by atoms with Crippen molar-refractivity contribution in [3.05, 3.63) is 46.0 Å². The molecule has 1 aromatic carbocycles. The predicted molar refractivity (Wildman–Crippen MR) is 114 cm³/mol. The number of hydrogen-bond acceptors (Lipinski definition) is 10. The second kappa shape index (κ2) is 8.10. The molecule has 29 heavy (non-hydrogen) atoms. The molecule has 0 aliphatic rings. The summed E-state index contributed by atoms with van der Waals surface area (Å²) in [5.74, 6) is -0.0649. The van der Waals surface area contributed by atoms with Crippen molar-refractivity contribution in [3.63, 3.8) is 0 Å². The quantitative estimate of drug-likeness (QED) is 0.117. The summed E-state index contributed by atoms with van der Waals surface area (Å²) < 4.78 is 8.51. The molecular weight excluding hydrogens is 513 g/mol. The highest BCUT2D eigenvalue weighted by atomic mass is 79.9. The van der Waals surface area contributed by atoms with Gasteiger partial charge in [-0.2, -0.15) is 0 Å². The number of H-pyrrole nitrogens is 1. The third kappa shape index (κ3) is 5.19. The van der Waals surface area contributed by atoms with Crippen LogP contribution in [-0.2, 0) is 4.20 Å². The van der Waals surface area contributed by atoms with E-state index < -0.39 is 11.9 Å². The lowest BCUT2D eigenvalue weighted by Gasteiger charge is -2.24. The lowest BCUT2D eigenvalue weighted by atomic mass is 10.2. The van der Waals surface area contributed by atoms with Gasteiger partial charge in [-0.05, 0) is 46.2 Å². The van der Waals surface area contributed by atoms with E-state index in [0.29, 0.717) is 16.8 Å². The van der Waals surface area contributed by atoms with Gasteiger partial charge in [0.15, 0.2) is 17.3 Å². The van der Waals surface area contributed by atoms with E-state index >= 15 is 0 Å². The van der Waals surface area contributed by atoms with E-state index in [-0.39, 0.29) is 46.7 Å². The van der Waals surface area contributed by atoms with Gasteiger partial charge in [-0.25, -0.2) is 19.3 Å². The summed E-state index contributed by atoms with van der Waals surface area (Å²) in [4.78, 5) is 26.3. The zero-order valence-electron chi connectivity index (χ0n) is 14.4. The van der Waals surface area contributed by atoms with Crippen molar-refractivity contribution in [1.82, 2.24) is 19.9 Å². The maximum atomic E-state index is 14.0. The molecule has 2 atom stereocenters. The SMILES string of the molecule is Cc1ccc(Nc2nc(C(N)(S[N+](=O)[O-])SC(F)(Cl)Br)nc3nc[nH]c23)cc1O. The average Bonchev–Trinajstić information content (AvgIpc) is 3.04. The Morgan fingerprint density at radius 3 is 2.83 bits per heavy atom. The number of phenols is 1. The number of rotatable bonds is 7. The van der Waals surface area contributed by atoms with Crippen molar-refractivity contribution in [3.8, 4) is 5.75 Å². The van der Waals surface area contributed by atoms with Crippen LogP contribution in [0, 0.1) is 17.0 Å². The Hall–Kier alpha value is -1.87. The minimum absolute atomic E-state index is 0.00984. The lowest BCUT2D eigenvalue weighted by Crippen LogP contribution is -2.35. The number of aromatic amines is 1. The van der Waals surface area contributed by atoms with Gasteiger partial charge in [-0.1, -0.05) is 17.7 Å². The highest BCUT2D eigenvalue weighted by Crippen LogP contribution is 2.52. The zero-order valence-corrected chi connectivity index (χ0v) is 18.4. The van der Waals surface area contributed by atoms with E-state index in [4.69, 9.17) is 17.3 Å². The standard InChI is InChI=1S/C14H12BrClFN7O3S2/c1-6-2-3-7(4-8(6)25)21-11-9-10(20-5-19-9)22-12(23-11)13(18,29-24(26)27)28-14(15,16)17/h2-5,25H,18H2,1H3,(H2,19,20,21,22,23). The van der Waals surface area contributed by atoms with Crippen LogP contribution in [-0.4, -0.2) is 32.7 Å². The first-order valence-corrected chi connectivity index (χ1v) is 10.4. The molecule has 0 radical (unpaired) electrons. The molecule has 0 aliphatic heterocycles. The third-order valence-electron chi connectivity index (χ3n) is 3.55. The number of hydrogen-bond donors (Lipinski definition) is 4. The Morgan fingerprint density at radius 2 is 2.21 bits per heavy atom. The molecule has 0 amide bonds. The first kappa shape index (κ1) is 21.8. The molecule has 0 saturated carbocycles. The van der Waals surface area contributed by atoms with Gasteiger partial charge < -0.3 is 15.4 Å². The number of nitrogens with one attached hydrogen (secondary N) is 2. The van der Waals surface area contributed by atoms with Crippen LogP contribution >= 0.6 is 51.2 Å². The molecule has 5 N–H and O–H groups in total. The molecule has 15 heteroatoms. The fourth-order valence-electron chi connectivity index (χ4n) is 2.29. The highest BCUT2D eigenvalue weighted by molar-refractivity contribution is 9.12. The number of benzene rings is 1. The monoisotopic (exact) mass is 523 g/mol. The largest absolute Gasteiger partial charge is 0.508 e. The molecule has 154 valence electrons. The van der Waals surface area contributed by atoms with Gasteiger partial charge in [-0.3, -0.25) is 15.8 Å². The third-order valence-corrected chi connectivity index (χ3v) is 6.06. The number of aromatic hydroxyl groups is 1. The van der Waals surface area contributed by atoms with E-state index in [1.165, 1.54) is 12.4 Å². The number of fused-ring (bicyclic) bond motifs is 1. The Labute approximate surface area is 184 Å². The van der Waals surface area contributed by atoms with Crippen molar-refractivity contribution in [2.24, 2.45) is 5.73 Å². The van der Waals surface area contributed by atoms with Crippen molar-refractivity contribution in [2.45, 2.75) is 14.5 Å². The summed E-state index contributed by atoms with van der Waals surface area (Å²) in [6.45, 7) is 1.74. The number of nitrogens with zero attached hydrogens (tertiary/aromatic N) is 4. The molecule has 0 fully saturated rings. The number of aryl methyl sites for hydroxylation is 1. The van der Waals surface area contributed by atoms with Gasteiger partial charge in [0.25, 0.3) is 15.3 Å². The fourth-order valence-corrected chi connectivity index (χ4v) is 5.48. The molecule has 0 saturated heterocycles. The molecule has 0 aliphatic carbocycles. The van der Waals surface area contributed by atoms with Crippen LogP contribution in [0.3, 0.4) is 0 Å². The summed E-state index contributed by atoms with van der Waals surface area (Å²) in [5, 5.41) is 24.0. The smallest absolute Gasteiger partial charge is 0.287 e. The minimum atomic E-state index is -2.61. The molecule has 2 heterocycles. The first-order valence-electron chi connectivity index (χ1n) is 7.64. The van der Waals surface area contributed by atoms with Crippen LogP contribution in [0.2, 0.25) is 0 Å². The van der Waals surface area contributed by atoms with Gasteiger partial charge in [0.05, 0.1) is 6.33 Å². The topological polar surface area (TPSA) is 156 Å². The Kier molecular flexibility index (Phi) is 6.10. The molecule has 3 rings (SSSR count). The Morgan fingerprint density at radius 1 is 1.48 bits per heavy atom. The summed E-state index contributed by atoms with van der Waals surface area (Å²) >= 11 is 8.27. The summed E-state index contributed by atoms with van der Waals surface area (Å²) in [6, 6.07) is 4.85. The second-order valence-corrected chi connectivity index (χ2v) is 11.3. The molecule has 2 unspecified atom stereocenters. The van der Waals surface area contributed by atoms with Crippen LogP contribution < -0.4 is 11.1 Å². The second-order valence-electron chi connectivity index (χ2n) is 5.65. The normalized spacial score (nSPS) is 15.6. The van der Waals surface area contributed by atoms with Gasteiger partial charge in [0.2, 0.25) is 4.20 Å². The summed E-state index contributed by atoms with van der Waals surface area (Å²) in [6.07, 6.45) is 1.35. The van der Waals surface area contributed by atoms with E-state index in [2.05, 4.69) is 41.2 Å². The average molecular weight is 525 g/mol. The van der Waals surface area contributed by atoms with E-state index in [0.717, 1.165) is 0 Å². The summed E-state index contributed by atoms with van der Waals surface area (Å²) in [7, 11) is 0. The molecule has 2 aromatic heterocycles. The molecule has 10 nitrogen and oxygen atoms in total. The van der Waals surface area contributed by atoms with Gasteiger partial charge in [0, 0.05) is 11.8 Å². The van der Waals surface area contributed by atoms with Crippen LogP contribution in [0.25, 0.3) is 11.2 Å². The maximum absolute atomic E-state index is 14.0. The minimum Gasteiger partial charge on any atom is -0.508 e. The first-order chi connectivity index (χ1) is 13.5. The lowest BCUT2D eigenvalue weighted by molar-refractivity contribution is -0.285. The number of nitro groups is 1. The number of halogens is 3. The molecule has 0 bridgehead atoms. The Balaban J connectivity index is 2.10. The molecule has 0 spiro atoms. The number of imidazole rings is 1. The number of phenolic OH excluding ortho intramolecular Hbond substituents is 1. The number of nitrogens with two attached hydrogens (primary N) is 1. The van der Waals surface area contributed by atoms with Gasteiger partial charge in [0.1, 0.15) is 15.6 Å². The van der Waals surface area contributed by atoms with Crippen LogP contribution in [0.5, 0.6) is 5.75 Å². The molecule has 3 aromatic rings. The maximum Gasteiger partial charge on any atom is 0.287 e. The number of aromatic nitrogens is 4. The van der Waals surface area contributed by atoms with E-state index in [1.807, 2.05) is 0 Å². The highest BCUT2D eigenvalue weighted by Gasteiger charge is 2.48. The van der Waals surface area contributed by atoms with Crippen LogP contribution in [0.1, 0.15) is 11.4 Å². The Bertz CT molecular complexity index is 1080.